The Morgan fingerprint density at radius 1 is 1.39 bits per heavy atom. The minimum Gasteiger partial charge on any atom is -0.454 e. The zero-order valence-corrected chi connectivity index (χ0v) is 9.00. The van der Waals surface area contributed by atoms with Gasteiger partial charge in [-0.25, -0.2) is 8.78 Å². The Kier molecular flexibility index (Phi) is 4.90. The third-order valence-corrected chi connectivity index (χ3v) is 2.01. The van der Waals surface area contributed by atoms with E-state index in [1.165, 1.54) is 18.2 Å². The zero-order chi connectivity index (χ0) is 13.7. The molecule has 0 saturated carbocycles. The molecule has 0 spiro atoms. The van der Waals surface area contributed by atoms with Gasteiger partial charge in [0.15, 0.2) is 0 Å². The SMILES string of the molecule is O=[N+]([O-])CC(O)c1cccc(OC(F)C(F)F)c1. The summed E-state index contributed by atoms with van der Waals surface area (Å²) in [5.74, 6) is -0.234. The van der Waals surface area contributed by atoms with Crippen LogP contribution in [-0.2, 0) is 0 Å². The number of hydrogen-bond acceptors (Lipinski definition) is 4. The molecule has 0 heterocycles. The quantitative estimate of drug-likeness (QED) is 0.630. The van der Waals surface area contributed by atoms with Gasteiger partial charge in [0.25, 0.3) is 6.36 Å². The lowest BCUT2D eigenvalue weighted by atomic mass is 10.1. The number of alkyl halides is 3. The molecule has 2 atom stereocenters. The second kappa shape index (κ2) is 6.20. The van der Waals surface area contributed by atoms with E-state index in [9.17, 15) is 28.4 Å². The van der Waals surface area contributed by atoms with Crippen molar-refractivity contribution in [1.29, 1.82) is 0 Å². The molecule has 0 bridgehead atoms. The van der Waals surface area contributed by atoms with Gasteiger partial charge in [-0.1, -0.05) is 12.1 Å². The van der Waals surface area contributed by atoms with Gasteiger partial charge >= 0.3 is 6.43 Å². The summed E-state index contributed by atoms with van der Waals surface area (Å²) in [5, 5.41) is 19.6. The van der Waals surface area contributed by atoms with Crippen LogP contribution >= 0.6 is 0 Å². The van der Waals surface area contributed by atoms with Crippen LogP contribution in [0, 0.1) is 10.1 Å². The van der Waals surface area contributed by atoms with Crippen molar-refractivity contribution >= 4 is 0 Å². The Morgan fingerprint density at radius 2 is 2.06 bits per heavy atom. The van der Waals surface area contributed by atoms with E-state index in [1.807, 2.05) is 0 Å². The summed E-state index contributed by atoms with van der Waals surface area (Å²) < 4.78 is 40.7. The molecule has 0 radical (unpaired) electrons. The number of aliphatic hydroxyl groups excluding tert-OH is 1. The number of halogens is 3. The molecule has 18 heavy (non-hydrogen) atoms. The third kappa shape index (κ3) is 4.21. The van der Waals surface area contributed by atoms with Gasteiger partial charge < -0.3 is 9.84 Å². The first kappa shape index (κ1) is 14.2. The van der Waals surface area contributed by atoms with E-state index in [4.69, 9.17) is 0 Å². The van der Waals surface area contributed by atoms with Crippen LogP contribution in [0.5, 0.6) is 5.75 Å². The monoisotopic (exact) mass is 265 g/mol. The summed E-state index contributed by atoms with van der Waals surface area (Å²) >= 11 is 0. The maximum absolute atomic E-state index is 12.6. The van der Waals surface area contributed by atoms with Crippen LogP contribution in [0.15, 0.2) is 24.3 Å². The minimum absolute atomic E-state index is 0.0886. The molecule has 1 rings (SSSR count). The number of nitrogens with zero attached hydrogens (tertiary/aromatic N) is 1. The Labute approximate surface area is 99.9 Å². The van der Waals surface area contributed by atoms with Crippen molar-refractivity contribution in [2.75, 3.05) is 6.54 Å². The highest BCUT2D eigenvalue weighted by Gasteiger charge is 2.21. The van der Waals surface area contributed by atoms with Crippen molar-refractivity contribution in [2.24, 2.45) is 0 Å². The molecule has 1 aromatic carbocycles. The number of aliphatic hydroxyl groups is 1. The first-order valence-electron chi connectivity index (χ1n) is 4.89. The van der Waals surface area contributed by atoms with Crippen LogP contribution in [0.25, 0.3) is 0 Å². The van der Waals surface area contributed by atoms with Crippen LogP contribution < -0.4 is 4.74 Å². The lowest BCUT2D eigenvalue weighted by molar-refractivity contribution is -0.491. The van der Waals surface area contributed by atoms with Gasteiger partial charge in [0.05, 0.1) is 0 Å². The van der Waals surface area contributed by atoms with Crippen LogP contribution in [0.3, 0.4) is 0 Å². The highest BCUT2D eigenvalue weighted by Crippen LogP contribution is 2.22. The van der Waals surface area contributed by atoms with Gasteiger partial charge in [-0.05, 0) is 17.7 Å². The van der Waals surface area contributed by atoms with E-state index in [0.29, 0.717) is 0 Å². The molecule has 2 unspecified atom stereocenters. The summed E-state index contributed by atoms with van der Waals surface area (Å²) in [6.07, 6.45) is -7.49. The molecule has 8 heteroatoms. The second-order valence-corrected chi connectivity index (χ2v) is 3.41. The summed E-state index contributed by atoms with van der Waals surface area (Å²) in [6, 6.07) is 4.93. The molecule has 0 aliphatic carbocycles. The molecule has 0 amide bonds. The minimum atomic E-state index is -3.29. The molecule has 1 aromatic rings. The van der Waals surface area contributed by atoms with Crippen molar-refractivity contribution in [3.8, 4) is 5.75 Å². The van der Waals surface area contributed by atoms with E-state index in [2.05, 4.69) is 4.74 Å². The standard InChI is InChI=1S/C10H10F3NO4/c11-9(12)10(13)18-7-3-1-2-6(4-7)8(15)5-14(16)17/h1-4,8-10,15H,5H2. The molecular weight excluding hydrogens is 255 g/mol. The average Bonchev–Trinajstić information content (AvgIpc) is 2.28. The highest BCUT2D eigenvalue weighted by atomic mass is 19.3. The third-order valence-electron chi connectivity index (χ3n) is 2.01. The predicted octanol–water partition coefficient (Wildman–Crippen LogP) is 1.94. The highest BCUT2D eigenvalue weighted by molar-refractivity contribution is 5.30. The Morgan fingerprint density at radius 3 is 2.61 bits per heavy atom. The van der Waals surface area contributed by atoms with Crippen LogP contribution in [-0.4, -0.2) is 29.4 Å². The fraction of sp³-hybridized carbons (Fsp3) is 0.400. The van der Waals surface area contributed by atoms with Gasteiger partial charge in [-0.3, -0.25) is 10.1 Å². The fourth-order valence-corrected chi connectivity index (χ4v) is 1.22. The molecule has 5 nitrogen and oxygen atoms in total. The molecule has 0 saturated heterocycles. The number of nitro groups is 1. The van der Waals surface area contributed by atoms with Crippen LogP contribution in [0.4, 0.5) is 13.2 Å². The van der Waals surface area contributed by atoms with Crippen LogP contribution in [0.1, 0.15) is 11.7 Å². The van der Waals surface area contributed by atoms with Gasteiger partial charge in [0.2, 0.25) is 6.54 Å². The van der Waals surface area contributed by atoms with Crippen molar-refractivity contribution in [2.45, 2.75) is 18.9 Å². The number of benzene rings is 1. The lowest BCUT2D eigenvalue weighted by Crippen LogP contribution is -2.19. The van der Waals surface area contributed by atoms with Crippen molar-refractivity contribution in [3.63, 3.8) is 0 Å². The molecule has 0 aliphatic rings. The topological polar surface area (TPSA) is 72.6 Å². The molecule has 100 valence electrons. The van der Waals surface area contributed by atoms with Crippen LogP contribution in [0.2, 0.25) is 0 Å². The molecule has 0 aromatic heterocycles. The van der Waals surface area contributed by atoms with Gasteiger partial charge in [0.1, 0.15) is 11.9 Å². The predicted molar refractivity (Wildman–Crippen MR) is 54.8 cm³/mol. The molecular formula is C10H10F3NO4. The Balaban J connectivity index is 2.76. The summed E-state index contributed by atoms with van der Waals surface area (Å²) in [4.78, 5) is 9.46. The number of ether oxygens (including phenoxy) is 1. The van der Waals surface area contributed by atoms with Crippen molar-refractivity contribution in [3.05, 3.63) is 39.9 Å². The van der Waals surface area contributed by atoms with Gasteiger partial charge in [-0.2, -0.15) is 4.39 Å². The average molecular weight is 265 g/mol. The van der Waals surface area contributed by atoms with E-state index >= 15 is 0 Å². The van der Waals surface area contributed by atoms with E-state index in [0.717, 1.165) is 6.07 Å². The maximum atomic E-state index is 12.6. The first-order chi connectivity index (χ1) is 8.40. The van der Waals surface area contributed by atoms with E-state index in [1.54, 1.807) is 0 Å². The number of hydrogen-bond donors (Lipinski definition) is 1. The first-order valence-corrected chi connectivity index (χ1v) is 4.89. The maximum Gasteiger partial charge on any atom is 0.304 e. The molecule has 1 N–H and O–H groups in total. The Hall–Kier alpha value is -1.83. The van der Waals surface area contributed by atoms with Crippen molar-refractivity contribution < 1.29 is 27.9 Å². The summed E-state index contributed by atoms with van der Waals surface area (Å²) in [7, 11) is 0. The number of rotatable bonds is 6. The smallest absolute Gasteiger partial charge is 0.304 e. The van der Waals surface area contributed by atoms with E-state index in [-0.39, 0.29) is 11.3 Å². The normalized spacial score (nSPS) is 14.3. The second-order valence-electron chi connectivity index (χ2n) is 3.41. The van der Waals surface area contributed by atoms with Gasteiger partial charge in [-0.15, -0.1) is 0 Å². The fourth-order valence-electron chi connectivity index (χ4n) is 1.22. The van der Waals surface area contributed by atoms with E-state index < -0.39 is 30.4 Å². The molecule has 0 aliphatic heterocycles. The summed E-state index contributed by atoms with van der Waals surface area (Å²) in [5.41, 5.74) is 0.0886. The lowest BCUT2D eigenvalue weighted by Gasteiger charge is -2.12. The summed E-state index contributed by atoms with van der Waals surface area (Å²) in [6.45, 7) is -0.739. The largest absolute Gasteiger partial charge is 0.454 e. The van der Waals surface area contributed by atoms with Crippen molar-refractivity contribution in [1.82, 2.24) is 0 Å². The zero-order valence-electron chi connectivity index (χ0n) is 9.00. The molecule has 0 fully saturated rings. The van der Waals surface area contributed by atoms with Gasteiger partial charge in [0, 0.05) is 4.92 Å². The Bertz CT molecular complexity index is 416.